The number of carbonyl (C=O) groups is 1. The molecule has 1 saturated heterocycles. The number of piperidine rings is 1. The maximum Gasteiger partial charge on any atom is 0.220 e. The molecule has 0 unspecified atom stereocenters. The van der Waals surface area contributed by atoms with Gasteiger partial charge in [0, 0.05) is 17.4 Å². The molecular formula is C18H24ClN3OS. The normalized spacial score (nSPS) is 14.8. The summed E-state index contributed by atoms with van der Waals surface area (Å²) in [7, 11) is 0. The predicted octanol–water partition coefficient (Wildman–Crippen LogP) is 3.63. The first-order valence-electron chi connectivity index (χ1n) is 8.28. The van der Waals surface area contributed by atoms with Crippen LogP contribution in [-0.4, -0.2) is 24.0 Å². The van der Waals surface area contributed by atoms with Crippen molar-refractivity contribution < 1.29 is 4.79 Å². The van der Waals surface area contributed by atoms with Gasteiger partial charge < -0.3 is 10.6 Å². The van der Waals surface area contributed by atoms with Crippen molar-refractivity contribution in [3.8, 4) is 10.6 Å². The van der Waals surface area contributed by atoms with Crippen LogP contribution in [0.4, 0.5) is 0 Å². The van der Waals surface area contributed by atoms with Crippen LogP contribution in [0.1, 0.15) is 31.4 Å². The lowest BCUT2D eigenvalue weighted by molar-refractivity contribution is -0.121. The molecule has 6 heteroatoms. The molecule has 1 aliphatic heterocycles. The van der Waals surface area contributed by atoms with E-state index >= 15 is 0 Å². The Kier molecular flexibility index (Phi) is 7.69. The Balaban J connectivity index is 0.00000208. The van der Waals surface area contributed by atoms with Gasteiger partial charge >= 0.3 is 0 Å². The summed E-state index contributed by atoms with van der Waals surface area (Å²) in [4.78, 5) is 16.6. The number of rotatable bonds is 6. The molecule has 1 aromatic carbocycles. The standard InChI is InChI=1S/C18H23N3OS.ClH/c22-17(7-6-14-8-10-19-11-9-14)20-12-16-13-23-18(21-16)15-4-2-1-3-5-15;/h1-5,13-14,19H,6-12H2,(H,20,22);1H. The molecule has 0 saturated carbocycles. The topological polar surface area (TPSA) is 54.0 Å². The van der Waals surface area contributed by atoms with Crippen molar-refractivity contribution in [1.29, 1.82) is 0 Å². The second kappa shape index (κ2) is 9.77. The molecule has 0 atom stereocenters. The minimum Gasteiger partial charge on any atom is -0.350 e. The van der Waals surface area contributed by atoms with Crippen LogP contribution in [0.5, 0.6) is 0 Å². The van der Waals surface area contributed by atoms with Gasteiger partial charge in [-0.1, -0.05) is 30.3 Å². The molecule has 2 aromatic rings. The molecule has 1 aliphatic rings. The fourth-order valence-electron chi connectivity index (χ4n) is 2.88. The first-order chi connectivity index (χ1) is 11.3. The zero-order valence-corrected chi connectivity index (χ0v) is 15.3. The molecule has 0 spiro atoms. The van der Waals surface area contributed by atoms with E-state index in [-0.39, 0.29) is 18.3 Å². The van der Waals surface area contributed by atoms with E-state index in [1.54, 1.807) is 11.3 Å². The molecule has 0 aliphatic carbocycles. The quantitative estimate of drug-likeness (QED) is 0.821. The number of nitrogens with one attached hydrogen (secondary N) is 2. The van der Waals surface area contributed by atoms with Gasteiger partial charge in [0.1, 0.15) is 5.01 Å². The van der Waals surface area contributed by atoms with Gasteiger partial charge in [-0.2, -0.15) is 0 Å². The molecule has 2 N–H and O–H groups in total. The van der Waals surface area contributed by atoms with Crippen LogP contribution in [0.2, 0.25) is 0 Å². The summed E-state index contributed by atoms with van der Waals surface area (Å²) >= 11 is 1.62. The maximum atomic E-state index is 12.0. The number of thiazole rings is 1. The fourth-order valence-corrected chi connectivity index (χ4v) is 3.71. The van der Waals surface area contributed by atoms with Crippen LogP contribution in [0, 0.1) is 5.92 Å². The van der Waals surface area contributed by atoms with E-state index in [0.29, 0.717) is 18.9 Å². The van der Waals surface area contributed by atoms with Gasteiger partial charge in [0.05, 0.1) is 12.2 Å². The van der Waals surface area contributed by atoms with E-state index in [1.165, 1.54) is 12.8 Å². The van der Waals surface area contributed by atoms with Crippen molar-refractivity contribution in [2.45, 2.75) is 32.2 Å². The van der Waals surface area contributed by atoms with Gasteiger partial charge in [0.2, 0.25) is 5.91 Å². The Morgan fingerprint density at radius 1 is 1.25 bits per heavy atom. The molecule has 130 valence electrons. The highest BCUT2D eigenvalue weighted by Crippen LogP contribution is 2.23. The Hall–Kier alpha value is -1.43. The second-order valence-electron chi connectivity index (χ2n) is 6.02. The molecule has 0 bridgehead atoms. The zero-order chi connectivity index (χ0) is 15.9. The van der Waals surface area contributed by atoms with Crippen molar-refractivity contribution in [3.05, 3.63) is 41.4 Å². The van der Waals surface area contributed by atoms with E-state index in [2.05, 4.69) is 27.8 Å². The summed E-state index contributed by atoms with van der Waals surface area (Å²) in [6, 6.07) is 10.1. The van der Waals surface area contributed by atoms with E-state index in [4.69, 9.17) is 0 Å². The molecule has 3 rings (SSSR count). The van der Waals surface area contributed by atoms with Crippen molar-refractivity contribution in [2.75, 3.05) is 13.1 Å². The lowest BCUT2D eigenvalue weighted by atomic mass is 9.93. The first kappa shape index (κ1) is 18.9. The van der Waals surface area contributed by atoms with E-state index in [0.717, 1.165) is 35.8 Å². The van der Waals surface area contributed by atoms with Crippen LogP contribution in [0.25, 0.3) is 10.6 Å². The average molecular weight is 366 g/mol. The Labute approximate surface area is 153 Å². The van der Waals surface area contributed by atoms with E-state index in [1.807, 2.05) is 23.6 Å². The summed E-state index contributed by atoms with van der Waals surface area (Å²) < 4.78 is 0. The zero-order valence-electron chi connectivity index (χ0n) is 13.7. The van der Waals surface area contributed by atoms with Gasteiger partial charge in [-0.25, -0.2) is 4.98 Å². The van der Waals surface area contributed by atoms with Crippen LogP contribution >= 0.6 is 23.7 Å². The Morgan fingerprint density at radius 3 is 2.75 bits per heavy atom. The summed E-state index contributed by atoms with van der Waals surface area (Å²) in [5.41, 5.74) is 2.06. The van der Waals surface area contributed by atoms with E-state index in [9.17, 15) is 4.79 Å². The predicted molar refractivity (Wildman–Crippen MR) is 101 cm³/mol. The van der Waals surface area contributed by atoms with Crippen LogP contribution in [0.15, 0.2) is 35.7 Å². The molecule has 2 heterocycles. The molecule has 1 fully saturated rings. The maximum absolute atomic E-state index is 12.0. The number of aromatic nitrogens is 1. The van der Waals surface area contributed by atoms with Crippen molar-refractivity contribution in [3.63, 3.8) is 0 Å². The van der Waals surface area contributed by atoms with Crippen molar-refractivity contribution in [1.82, 2.24) is 15.6 Å². The Bertz CT molecular complexity index is 626. The summed E-state index contributed by atoms with van der Waals surface area (Å²) in [6.45, 7) is 2.70. The molecule has 24 heavy (non-hydrogen) atoms. The third-order valence-electron chi connectivity index (χ3n) is 4.28. The highest BCUT2D eigenvalue weighted by atomic mass is 35.5. The largest absolute Gasteiger partial charge is 0.350 e. The molecule has 4 nitrogen and oxygen atoms in total. The highest BCUT2D eigenvalue weighted by molar-refractivity contribution is 7.13. The number of nitrogens with zero attached hydrogens (tertiary/aromatic N) is 1. The van der Waals surface area contributed by atoms with Crippen LogP contribution in [-0.2, 0) is 11.3 Å². The fraction of sp³-hybridized carbons (Fsp3) is 0.444. The van der Waals surface area contributed by atoms with Gasteiger partial charge in [0.15, 0.2) is 0 Å². The molecule has 0 radical (unpaired) electrons. The third kappa shape index (κ3) is 5.58. The minimum atomic E-state index is 0. The highest BCUT2D eigenvalue weighted by Gasteiger charge is 2.14. The van der Waals surface area contributed by atoms with Gasteiger partial charge in [-0.3, -0.25) is 4.79 Å². The minimum absolute atomic E-state index is 0. The molecular weight excluding hydrogens is 342 g/mol. The third-order valence-corrected chi connectivity index (χ3v) is 5.22. The lowest BCUT2D eigenvalue weighted by Crippen LogP contribution is -2.29. The number of hydrogen-bond acceptors (Lipinski definition) is 4. The average Bonchev–Trinajstić information content (AvgIpc) is 3.09. The number of halogens is 1. The number of hydrogen-bond donors (Lipinski definition) is 2. The summed E-state index contributed by atoms with van der Waals surface area (Å²) in [5.74, 6) is 0.837. The van der Waals surface area contributed by atoms with Crippen LogP contribution in [0.3, 0.4) is 0 Å². The van der Waals surface area contributed by atoms with Gasteiger partial charge in [0.25, 0.3) is 0 Å². The lowest BCUT2D eigenvalue weighted by Gasteiger charge is -2.22. The van der Waals surface area contributed by atoms with Gasteiger partial charge in [-0.05, 0) is 38.3 Å². The SMILES string of the molecule is Cl.O=C(CCC1CCNCC1)NCc1csc(-c2ccccc2)n1. The number of amides is 1. The van der Waals surface area contributed by atoms with Crippen molar-refractivity contribution >= 4 is 29.7 Å². The second-order valence-corrected chi connectivity index (χ2v) is 6.88. The monoisotopic (exact) mass is 365 g/mol. The Morgan fingerprint density at radius 2 is 2.00 bits per heavy atom. The summed E-state index contributed by atoms with van der Waals surface area (Å²) in [6.07, 6.45) is 4.01. The molecule has 1 amide bonds. The smallest absolute Gasteiger partial charge is 0.220 e. The first-order valence-corrected chi connectivity index (χ1v) is 9.16. The van der Waals surface area contributed by atoms with Crippen molar-refractivity contribution in [2.24, 2.45) is 5.92 Å². The molecule has 1 aromatic heterocycles. The van der Waals surface area contributed by atoms with Gasteiger partial charge in [-0.15, -0.1) is 23.7 Å². The number of benzene rings is 1. The van der Waals surface area contributed by atoms with E-state index < -0.39 is 0 Å². The van der Waals surface area contributed by atoms with Crippen LogP contribution < -0.4 is 10.6 Å². The summed E-state index contributed by atoms with van der Waals surface area (Å²) in [5, 5.41) is 9.38. The number of carbonyl (C=O) groups excluding carboxylic acids is 1.